The predicted octanol–water partition coefficient (Wildman–Crippen LogP) is 3.76. The number of carbonyl (C=O) groups excluding carboxylic acids is 1. The van der Waals surface area contributed by atoms with Gasteiger partial charge in [-0.2, -0.15) is 0 Å². The highest BCUT2D eigenvalue weighted by Crippen LogP contribution is 2.24. The highest BCUT2D eigenvalue weighted by atomic mass is 32.2. The van der Waals surface area contributed by atoms with Crippen LogP contribution in [0.25, 0.3) is 0 Å². The second-order valence-corrected chi connectivity index (χ2v) is 8.83. The highest BCUT2D eigenvalue weighted by Gasteiger charge is 2.22. The fourth-order valence-corrected chi connectivity index (χ4v) is 4.44. The molecule has 3 aromatic rings. The summed E-state index contributed by atoms with van der Waals surface area (Å²) in [5, 5.41) is 19.4. The molecule has 2 aromatic carbocycles. The van der Waals surface area contributed by atoms with Gasteiger partial charge in [0.05, 0.1) is 10.7 Å². The maximum Gasteiger partial charge on any atom is 0.277 e. The van der Waals surface area contributed by atoms with Gasteiger partial charge in [0, 0.05) is 50.4 Å². The number of benzene rings is 2. The van der Waals surface area contributed by atoms with Crippen molar-refractivity contribution in [2.24, 2.45) is 0 Å². The third kappa shape index (κ3) is 5.89. The maximum atomic E-state index is 12.6. The first kappa shape index (κ1) is 22.8. The molecule has 9 nitrogen and oxygen atoms in total. The van der Waals surface area contributed by atoms with E-state index in [1.54, 1.807) is 12.1 Å². The first-order valence-electron chi connectivity index (χ1n) is 10.8. The monoisotopic (exact) mass is 467 g/mol. The fourth-order valence-electron chi connectivity index (χ4n) is 3.75. The van der Waals surface area contributed by atoms with E-state index in [-0.39, 0.29) is 23.3 Å². The van der Waals surface area contributed by atoms with Gasteiger partial charge >= 0.3 is 0 Å². The second kappa shape index (κ2) is 10.5. The van der Waals surface area contributed by atoms with Gasteiger partial charge in [-0.25, -0.2) is 0 Å². The lowest BCUT2D eigenvalue weighted by Gasteiger charge is -2.36. The zero-order chi connectivity index (χ0) is 23.2. The van der Waals surface area contributed by atoms with Gasteiger partial charge in [0.1, 0.15) is 0 Å². The van der Waals surface area contributed by atoms with Crippen molar-refractivity contribution >= 4 is 29.0 Å². The van der Waals surface area contributed by atoms with Crippen LogP contribution in [0, 0.1) is 10.1 Å². The number of thioether (sulfide) groups is 1. The fraction of sp³-hybridized carbons (Fsp3) is 0.348. The zero-order valence-electron chi connectivity index (χ0n) is 18.3. The summed E-state index contributed by atoms with van der Waals surface area (Å²) in [4.78, 5) is 27.0. The van der Waals surface area contributed by atoms with Crippen LogP contribution in [0.15, 0.2) is 64.2 Å². The molecule has 1 saturated heterocycles. The van der Waals surface area contributed by atoms with Gasteiger partial charge in [0.2, 0.25) is 11.8 Å². The van der Waals surface area contributed by atoms with Crippen LogP contribution < -0.4 is 4.90 Å². The number of aromatic nitrogens is 2. The molecule has 0 spiro atoms. The van der Waals surface area contributed by atoms with Crippen LogP contribution in [0.1, 0.15) is 24.3 Å². The quantitative estimate of drug-likeness (QED) is 0.280. The van der Waals surface area contributed by atoms with Crippen molar-refractivity contribution in [3.05, 3.63) is 76.2 Å². The van der Waals surface area contributed by atoms with E-state index >= 15 is 0 Å². The number of hydrogen-bond donors (Lipinski definition) is 0. The van der Waals surface area contributed by atoms with Gasteiger partial charge in [-0.15, -0.1) is 10.2 Å². The summed E-state index contributed by atoms with van der Waals surface area (Å²) in [5.74, 6) is 1.10. The molecule has 0 radical (unpaired) electrons. The molecule has 1 aliphatic heterocycles. The molecule has 1 aliphatic rings. The summed E-state index contributed by atoms with van der Waals surface area (Å²) < 4.78 is 5.73. The summed E-state index contributed by atoms with van der Waals surface area (Å²) in [5.41, 5.74) is 2.21. The molecular weight excluding hydrogens is 442 g/mol. The van der Waals surface area contributed by atoms with E-state index in [1.807, 2.05) is 23.1 Å². The van der Waals surface area contributed by atoms with Crippen LogP contribution in [0.2, 0.25) is 0 Å². The van der Waals surface area contributed by atoms with Crippen LogP contribution >= 0.6 is 11.8 Å². The van der Waals surface area contributed by atoms with Gasteiger partial charge in [-0.05, 0) is 23.6 Å². The Morgan fingerprint density at radius 1 is 1.09 bits per heavy atom. The maximum absolute atomic E-state index is 12.6. The molecule has 172 valence electrons. The number of hydrogen-bond acceptors (Lipinski definition) is 8. The molecule has 1 unspecified atom stereocenters. The Morgan fingerprint density at radius 3 is 2.45 bits per heavy atom. The molecule has 0 saturated carbocycles. The summed E-state index contributed by atoms with van der Waals surface area (Å²) >= 11 is 1.26. The topological polar surface area (TPSA) is 106 Å². The molecule has 4 rings (SSSR count). The average molecular weight is 468 g/mol. The van der Waals surface area contributed by atoms with Gasteiger partial charge in [-0.3, -0.25) is 14.9 Å². The number of anilines is 1. The Bertz CT molecular complexity index is 1080. The van der Waals surface area contributed by atoms with Gasteiger partial charge in [0.25, 0.3) is 10.9 Å². The van der Waals surface area contributed by atoms with Crippen LogP contribution in [0.4, 0.5) is 11.4 Å². The van der Waals surface area contributed by atoms with E-state index in [9.17, 15) is 14.9 Å². The lowest BCUT2D eigenvalue weighted by molar-refractivity contribution is -0.384. The number of piperazine rings is 1. The predicted molar refractivity (Wildman–Crippen MR) is 125 cm³/mol. The van der Waals surface area contributed by atoms with Crippen LogP contribution in [-0.2, 0) is 11.2 Å². The number of rotatable bonds is 8. The van der Waals surface area contributed by atoms with Crippen molar-refractivity contribution in [1.82, 2.24) is 15.1 Å². The first-order chi connectivity index (χ1) is 16.0. The average Bonchev–Trinajstić information content (AvgIpc) is 3.30. The number of carbonyl (C=O) groups is 1. The Labute approximate surface area is 195 Å². The molecule has 1 fully saturated rings. The van der Waals surface area contributed by atoms with Crippen molar-refractivity contribution in [3.63, 3.8) is 0 Å². The van der Waals surface area contributed by atoms with E-state index in [0.29, 0.717) is 43.7 Å². The largest absolute Gasteiger partial charge is 0.416 e. The third-order valence-corrected chi connectivity index (χ3v) is 6.48. The van der Waals surface area contributed by atoms with Crippen molar-refractivity contribution < 1.29 is 14.1 Å². The lowest BCUT2D eigenvalue weighted by Crippen LogP contribution is -2.49. The number of non-ortho nitro benzene ring substituents is 1. The summed E-state index contributed by atoms with van der Waals surface area (Å²) in [6, 6.07) is 16.7. The Morgan fingerprint density at radius 2 is 1.79 bits per heavy atom. The smallest absolute Gasteiger partial charge is 0.277 e. The molecule has 0 N–H and O–H groups in total. The van der Waals surface area contributed by atoms with E-state index in [1.165, 1.54) is 29.5 Å². The molecular formula is C23H25N5O4S. The normalized spacial score (nSPS) is 14.8. The minimum absolute atomic E-state index is 0.0285. The first-order valence-corrected chi connectivity index (χ1v) is 11.8. The van der Waals surface area contributed by atoms with E-state index in [2.05, 4.69) is 34.2 Å². The minimum Gasteiger partial charge on any atom is -0.416 e. The van der Waals surface area contributed by atoms with Gasteiger partial charge in [0.15, 0.2) is 0 Å². The summed E-state index contributed by atoms with van der Waals surface area (Å²) in [6.45, 7) is 4.67. The molecule has 10 heteroatoms. The molecule has 0 bridgehead atoms. The van der Waals surface area contributed by atoms with Crippen molar-refractivity contribution in [3.8, 4) is 0 Å². The minimum atomic E-state index is -0.408. The summed E-state index contributed by atoms with van der Waals surface area (Å²) in [7, 11) is 0. The second-order valence-electron chi connectivity index (χ2n) is 7.91. The number of nitro groups is 1. The molecule has 1 amide bonds. The van der Waals surface area contributed by atoms with Crippen LogP contribution in [-0.4, -0.2) is 57.9 Å². The van der Waals surface area contributed by atoms with Gasteiger partial charge in [-0.1, -0.05) is 49.0 Å². The molecule has 1 atom stereocenters. The molecule has 33 heavy (non-hydrogen) atoms. The van der Waals surface area contributed by atoms with E-state index in [0.717, 1.165) is 5.69 Å². The van der Waals surface area contributed by atoms with Crippen molar-refractivity contribution in [2.45, 2.75) is 24.5 Å². The van der Waals surface area contributed by atoms with E-state index in [4.69, 9.17) is 4.42 Å². The Kier molecular flexibility index (Phi) is 7.23. The lowest BCUT2D eigenvalue weighted by atomic mass is 9.98. The molecule has 0 aliphatic carbocycles. The zero-order valence-corrected chi connectivity index (χ0v) is 19.1. The Hall–Kier alpha value is -3.40. The standard InChI is InChI=1S/C23H25N5O4S/c1-17(18-5-3-2-4-6-18)15-21-24-25-23(32-21)33-16-22(29)27-13-11-26(12-14-27)19-7-9-20(10-8-19)28(30)31/h2-10,17H,11-16H2,1H3. The highest BCUT2D eigenvalue weighted by molar-refractivity contribution is 7.99. The molecule has 1 aromatic heterocycles. The SMILES string of the molecule is CC(Cc1nnc(SCC(=O)N2CCN(c3ccc([N+](=O)[O-])cc3)CC2)o1)c1ccccc1. The number of nitro benzene ring substituents is 1. The van der Waals surface area contributed by atoms with Crippen molar-refractivity contribution in [2.75, 3.05) is 36.8 Å². The number of nitrogens with zero attached hydrogens (tertiary/aromatic N) is 5. The number of amides is 1. The van der Waals surface area contributed by atoms with E-state index < -0.39 is 4.92 Å². The van der Waals surface area contributed by atoms with Gasteiger partial charge < -0.3 is 14.2 Å². The van der Waals surface area contributed by atoms with Crippen LogP contribution in [0.3, 0.4) is 0 Å². The van der Waals surface area contributed by atoms with Crippen molar-refractivity contribution in [1.29, 1.82) is 0 Å². The summed E-state index contributed by atoms with van der Waals surface area (Å²) in [6.07, 6.45) is 0.649. The Balaban J connectivity index is 1.22. The molecule has 2 heterocycles. The third-order valence-electron chi connectivity index (χ3n) is 5.67. The van der Waals surface area contributed by atoms with Crippen LogP contribution in [0.5, 0.6) is 0 Å².